The number of benzene rings is 2. The van der Waals surface area contributed by atoms with Gasteiger partial charge in [0.2, 0.25) is 5.91 Å². The molecule has 0 atom stereocenters. The number of nitrogens with zero attached hydrogens (tertiary/aromatic N) is 3. The molecule has 0 radical (unpaired) electrons. The van der Waals surface area contributed by atoms with Crippen LogP contribution in [0.1, 0.15) is 33.5 Å². The van der Waals surface area contributed by atoms with Crippen LogP contribution in [0.25, 0.3) is 0 Å². The summed E-state index contributed by atoms with van der Waals surface area (Å²) in [5.41, 5.74) is 3.41. The number of rotatable bonds is 4. The van der Waals surface area contributed by atoms with Gasteiger partial charge in [-0.25, -0.2) is 0 Å². The molecule has 0 unspecified atom stereocenters. The average molecular weight is 361 g/mol. The Morgan fingerprint density at radius 1 is 1.00 bits per heavy atom. The van der Waals surface area contributed by atoms with Gasteiger partial charge in [0.1, 0.15) is 0 Å². The Morgan fingerprint density at radius 2 is 1.70 bits per heavy atom. The number of piperazine rings is 1. The zero-order valence-electron chi connectivity index (χ0n) is 15.5. The van der Waals surface area contributed by atoms with Gasteiger partial charge in [-0.2, -0.15) is 5.26 Å². The van der Waals surface area contributed by atoms with Gasteiger partial charge < -0.3 is 9.80 Å². The van der Waals surface area contributed by atoms with Crippen molar-refractivity contribution >= 4 is 11.8 Å². The lowest BCUT2D eigenvalue weighted by Crippen LogP contribution is -2.50. The van der Waals surface area contributed by atoms with Gasteiger partial charge in [-0.05, 0) is 42.7 Å². The molecule has 2 amide bonds. The Labute approximate surface area is 159 Å². The Kier molecular flexibility index (Phi) is 5.87. The van der Waals surface area contributed by atoms with E-state index in [0.29, 0.717) is 43.7 Å². The number of carbonyl (C=O) groups is 2. The van der Waals surface area contributed by atoms with Gasteiger partial charge in [-0.15, -0.1) is 0 Å². The molecule has 27 heavy (non-hydrogen) atoms. The molecule has 2 aromatic rings. The van der Waals surface area contributed by atoms with Gasteiger partial charge in [0, 0.05) is 38.2 Å². The van der Waals surface area contributed by atoms with Crippen molar-refractivity contribution in [2.75, 3.05) is 26.2 Å². The van der Waals surface area contributed by atoms with Gasteiger partial charge in [-0.1, -0.05) is 30.3 Å². The van der Waals surface area contributed by atoms with E-state index in [2.05, 4.69) is 25.1 Å². The van der Waals surface area contributed by atoms with Crippen molar-refractivity contribution in [3.05, 3.63) is 70.8 Å². The monoisotopic (exact) mass is 361 g/mol. The maximum absolute atomic E-state index is 12.6. The van der Waals surface area contributed by atoms with Crippen LogP contribution in [0.4, 0.5) is 0 Å². The van der Waals surface area contributed by atoms with Crippen molar-refractivity contribution in [3.8, 4) is 6.07 Å². The van der Waals surface area contributed by atoms with Crippen LogP contribution in [-0.2, 0) is 11.2 Å². The summed E-state index contributed by atoms with van der Waals surface area (Å²) in [5.74, 6) is 0.0518. The second-order valence-electron chi connectivity index (χ2n) is 6.79. The van der Waals surface area contributed by atoms with Gasteiger partial charge in [-0.3, -0.25) is 9.59 Å². The van der Waals surface area contributed by atoms with Gasteiger partial charge in [0.05, 0.1) is 11.6 Å². The molecule has 0 saturated carbocycles. The molecule has 5 nitrogen and oxygen atoms in total. The smallest absolute Gasteiger partial charge is 0.254 e. The molecule has 1 saturated heterocycles. The number of carbonyl (C=O) groups excluding carboxylic acids is 2. The lowest BCUT2D eigenvalue weighted by molar-refractivity contribution is -0.132. The summed E-state index contributed by atoms with van der Waals surface area (Å²) in [6.45, 7) is 4.20. The number of nitriles is 1. The molecule has 0 bridgehead atoms. The third-order valence-electron chi connectivity index (χ3n) is 5.03. The van der Waals surface area contributed by atoms with E-state index in [-0.39, 0.29) is 11.8 Å². The fourth-order valence-electron chi connectivity index (χ4n) is 3.35. The van der Waals surface area contributed by atoms with Crippen LogP contribution >= 0.6 is 0 Å². The maximum Gasteiger partial charge on any atom is 0.254 e. The van der Waals surface area contributed by atoms with Gasteiger partial charge in [0.15, 0.2) is 0 Å². The van der Waals surface area contributed by atoms with Crippen molar-refractivity contribution in [1.82, 2.24) is 9.80 Å². The van der Waals surface area contributed by atoms with Crippen molar-refractivity contribution < 1.29 is 9.59 Å². The fraction of sp³-hybridized carbons (Fsp3) is 0.318. The van der Waals surface area contributed by atoms with E-state index in [0.717, 1.165) is 6.42 Å². The summed E-state index contributed by atoms with van der Waals surface area (Å²) in [4.78, 5) is 28.7. The number of hydrogen-bond acceptors (Lipinski definition) is 3. The molecule has 1 aliphatic heterocycles. The third-order valence-corrected chi connectivity index (χ3v) is 5.03. The van der Waals surface area contributed by atoms with E-state index in [1.807, 2.05) is 17.0 Å². The molecule has 3 rings (SSSR count). The molecule has 0 N–H and O–H groups in total. The predicted molar refractivity (Wildman–Crippen MR) is 103 cm³/mol. The van der Waals surface area contributed by atoms with Crippen LogP contribution in [0, 0.1) is 18.3 Å². The van der Waals surface area contributed by atoms with Crippen LogP contribution < -0.4 is 0 Å². The van der Waals surface area contributed by atoms with Crippen LogP contribution in [0.3, 0.4) is 0 Å². The minimum Gasteiger partial charge on any atom is -0.339 e. The standard InChI is InChI=1S/C22H23N3O2/c1-17-5-2-3-7-19(17)9-10-21(26)24-11-13-25(14-12-24)22(27)20-8-4-6-18(15-20)16-23/h2-8,15H,9-14H2,1H3. The first-order valence-electron chi connectivity index (χ1n) is 9.20. The molecule has 0 aliphatic carbocycles. The highest BCUT2D eigenvalue weighted by atomic mass is 16.2. The molecule has 1 heterocycles. The Balaban J connectivity index is 1.52. The van der Waals surface area contributed by atoms with Crippen molar-refractivity contribution in [2.45, 2.75) is 19.8 Å². The van der Waals surface area contributed by atoms with E-state index < -0.39 is 0 Å². The molecule has 0 aromatic heterocycles. The van der Waals surface area contributed by atoms with Gasteiger partial charge in [0.25, 0.3) is 5.91 Å². The quantitative estimate of drug-likeness (QED) is 0.841. The largest absolute Gasteiger partial charge is 0.339 e. The van der Waals surface area contributed by atoms with Crippen LogP contribution in [0.5, 0.6) is 0 Å². The highest BCUT2D eigenvalue weighted by molar-refractivity contribution is 5.94. The summed E-state index contributed by atoms with van der Waals surface area (Å²) in [6, 6.07) is 16.9. The van der Waals surface area contributed by atoms with E-state index in [1.165, 1.54) is 11.1 Å². The molecule has 1 fully saturated rings. The van der Waals surface area contributed by atoms with Crippen molar-refractivity contribution in [2.24, 2.45) is 0 Å². The molecule has 5 heteroatoms. The summed E-state index contributed by atoms with van der Waals surface area (Å²) in [7, 11) is 0. The molecule has 1 aliphatic rings. The Morgan fingerprint density at radius 3 is 2.41 bits per heavy atom. The zero-order chi connectivity index (χ0) is 19.2. The van der Waals surface area contributed by atoms with E-state index in [4.69, 9.17) is 5.26 Å². The number of amides is 2. The summed E-state index contributed by atoms with van der Waals surface area (Å²) in [5, 5.41) is 8.98. The molecular weight excluding hydrogens is 338 g/mol. The number of aryl methyl sites for hydroxylation is 2. The summed E-state index contributed by atoms with van der Waals surface area (Å²) < 4.78 is 0. The third kappa shape index (κ3) is 4.53. The molecular formula is C22H23N3O2. The van der Waals surface area contributed by atoms with Crippen LogP contribution in [0.15, 0.2) is 48.5 Å². The minimum atomic E-state index is -0.0842. The first kappa shape index (κ1) is 18.7. The van der Waals surface area contributed by atoms with E-state index >= 15 is 0 Å². The second-order valence-corrected chi connectivity index (χ2v) is 6.79. The van der Waals surface area contributed by atoms with Crippen molar-refractivity contribution in [1.29, 1.82) is 5.26 Å². The fourth-order valence-corrected chi connectivity index (χ4v) is 3.35. The maximum atomic E-state index is 12.6. The van der Waals surface area contributed by atoms with E-state index in [9.17, 15) is 9.59 Å². The average Bonchev–Trinajstić information content (AvgIpc) is 2.72. The number of hydrogen-bond donors (Lipinski definition) is 0. The lowest BCUT2D eigenvalue weighted by Gasteiger charge is -2.35. The normalized spacial score (nSPS) is 13.9. The molecule has 138 valence electrons. The van der Waals surface area contributed by atoms with Crippen molar-refractivity contribution in [3.63, 3.8) is 0 Å². The first-order chi connectivity index (χ1) is 13.1. The predicted octanol–water partition coefficient (Wildman–Crippen LogP) is 2.78. The lowest BCUT2D eigenvalue weighted by atomic mass is 10.0. The van der Waals surface area contributed by atoms with Crippen LogP contribution in [-0.4, -0.2) is 47.8 Å². The topological polar surface area (TPSA) is 64.4 Å². The molecule has 0 spiro atoms. The SMILES string of the molecule is Cc1ccccc1CCC(=O)N1CCN(C(=O)c2cccc(C#N)c2)CC1. The summed E-state index contributed by atoms with van der Waals surface area (Å²) >= 11 is 0. The first-order valence-corrected chi connectivity index (χ1v) is 9.20. The zero-order valence-corrected chi connectivity index (χ0v) is 15.5. The van der Waals surface area contributed by atoms with E-state index in [1.54, 1.807) is 29.2 Å². The Bertz CT molecular complexity index is 877. The highest BCUT2D eigenvalue weighted by Gasteiger charge is 2.24. The Hall–Kier alpha value is -3.13. The van der Waals surface area contributed by atoms with Gasteiger partial charge >= 0.3 is 0 Å². The summed E-state index contributed by atoms with van der Waals surface area (Å²) in [6.07, 6.45) is 1.23. The second kappa shape index (κ2) is 8.50. The highest BCUT2D eigenvalue weighted by Crippen LogP contribution is 2.14. The molecule has 2 aromatic carbocycles. The minimum absolute atomic E-state index is 0.0842. The van der Waals surface area contributed by atoms with Crippen LogP contribution in [0.2, 0.25) is 0 Å².